The molecular formula is C11H11Br2ClN2O2. The van der Waals surface area contributed by atoms with Crippen LogP contribution in [0, 0.1) is 0 Å². The molecule has 1 fully saturated rings. The van der Waals surface area contributed by atoms with Gasteiger partial charge in [-0.15, -0.1) is 0 Å². The van der Waals surface area contributed by atoms with Crippen molar-refractivity contribution in [1.29, 1.82) is 0 Å². The summed E-state index contributed by atoms with van der Waals surface area (Å²) in [6, 6.07) is 3.27. The van der Waals surface area contributed by atoms with Crippen molar-refractivity contribution in [3.8, 4) is 0 Å². The van der Waals surface area contributed by atoms with Crippen LogP contribution >= 0.6 is 43.5 Å². The first-order valence-corrected chi connectivity index (χ1v) is 7.32. The molecule has 0 bridgehead atoms. The van der Waals surface area contributed by atoms with E-state index in [9.17, 15) is 4.79 Å². The quantitative estimate of drug-likeness (QED) is 0.797. The van der Waals surface area contributed by atoms with Crippen LogP contribution in [0.5, 0.6) is 0 Å². The van der Waals surface area contributed by atoms with Gasteiger partial charge in [-0.05, 0) is 50.4 Å². The lowest BCUT2D eigenvalue weighted by Gasteiger charge is -2.14. The van der Waals surface area contributed by atoms with Crippen LogP contribution in [0.25, 0.3) is 0 Å². The number of benzene rings is 1. The summed E-state index contributed by atoms with van der Waals surface area (Å²) >= 11 is 12.6. The third-order valence-electron chi connectivity index (χ3n) is 2.51. The molecule has 0 radical (unpaired) electrons. The van der Waals surface area contributed by atoms with E-state index in [4.69, 9.17) is 16.3 Å². The van der Waals surface area contributed by atoms with Gasteiger partial charge in [0.15, 0.2) is 0 Å². The van der Waals surface area contributed by atoms with Gasteiger partial charge < -0.3 is 15.4 Å². The van der Waals surface area contributed by atoms with Gasteiger partial charge >= 0.3 is 6.03 Å². The fraction of sp³-hybridized carbons (Fsp3) is 0.364. The van der Waals surface area contributed by atoms with Gasteiger partial charge in [0, 0.05) is 20.6 Å². The molecule has 0 aliphatic carbocycles. The summed E-state index contributed by atoms with van der Waals surface area (Å²) in [7, 11) is 0. The van der Waals surface area contributed by atoms with Gasteiger partial charge in [-0.25, -0.2) is 4.79 Å². The van der Waals surface area contributed by atoms with E-state index in [0.717, 1.165) is 15.4 Å². The number of rotatable bonds is 2. The molecule has 1 atom stereocenters. The number of anilines is 1. The minimum atomic E-state index is -0.255. The van der Waals surface area contributed by atoms with Crippen LogP contribution in [0.4, 0.5) is 10.5 Å². The summed E-state index contributed by atoms with van der Waals surface area (Å²) in [4.78, 5) is 11.8. The summed E-state index contributed by atoms with van der Waals surface area (Å²) in [5.74, 6) is 0. The number of hydrogen-bond acceptors (Lipinski definition) is 2. The van der Waals surface area contributed by atoms with Crippen LogP contribution < -0.4 is 10.6 Å². The van der Waals surface area contributed by atoms with Crippen molar-refractivity contribution in [2.75, 3.05) is 18.5 Å². The van der Waals surface area contributed by atoms with Crippen molar-refractivity contribution in [2.24, 2.45) is 0 Å². The Labute approximate surface area is 127 Å². The number of ether oxygens (including phenoxy) is 1. The van der Waals surface area contributed by atoms with Crippen LogP contribution in [0.15, 0.2) is 21.1 Å². The molecule has 1 aliphatic rings. The van der Waals surface area contributed by atoms with E-state index in [2.05, 4.69) is 42.5 Å². The topological polar surface area (TPSA) is 50.4 Å². The molecule has 1 aromatic carbocycles. The normalized spacial score (nSPS) is 18.7. The second-order valence-corrected chi connectivity index (χ2v) is 6.05. The Hall–Kier alpha value is -0.300. The SMILES string of the molecule is O=C(Nc1c(Br)cc(Cl)cc1Br)NC1CCOC1. The number of nitrogens with one attached hydrogen (secondary N) is 2. The van der Waals surface area contributed by atoms with Crippen molar-refractivity contribution in [1.82, 2.24) is 5.32 Å². The molecule has 4 nitrogen and oxygen atoms in total. The Balaban J connectivity index is 2.02. The summed E-state index contributed by atoms with van der Waals surface area (Å²) in [6.45, 7) is 1.26. The highest BCUT2D eigenvalue weighted by Gasteiger charge is 2.18. The average molecular weight is 398 g/mol. The largest absolute Gasteiger partial charge is 0.379 e. The summed E-state index contributed by atoms with van der Waals surface area (Å²) in [5, 5.41) is 6.21. The highest BCUT2D eigenvalue weighted by Crippen LogP contribution is 2.34. The Bertz CT molecular complexity index is 441. The maximum absolute atomic E-state index is 11.8. The molecule has 7 heteroatoms. The number of halogens is 3. The number of hydrogen-bond donors (Lipinski definition) is 2. The Morgan fingerprint density at radius 1 is 1.39 bits per heavy atom. The smallest absolute Gasteiger partial charge is 0.319 e. The van der Waals surface area contributed by atoms with Crippen LogP contribution in [0.1, 0.15) is 6.42 Å². The second kappa shape index (κ2) is 6.23. The highest BCUT2D eigenvalue weighted by molar-refractivity contribution is 9.11. The number of amides is 2. The molecule has 0 saturated carbocycles. The molecule has 2 N–H and O–H groups in total. The first-order valence-electron chi connectivity index (χ1n) is 5.36. The summed E-state index contributed by atoms with van der Waals surface area (Å²) in [6.07, 6.45) is 0.844. The predicted octanol–water partition coefficient (Wildman–Crippen LogP) is 3.78. The maximum atomic E-state index is 11.8. The summed E-state index contributed by atoms with van der Waals surface area (Å²) < 4.78 is 6.64. The molecule has 1 aromatic rings. The second-order valence-electron chi connectivity index (χ2n) is 3.90. The fourth-order valence-corrected chi connectivity index (χ4v) is 3.51. The highest BCUT2D eigenvalue weighted by atomic mass is 79.9. The van der Waals surface area contributed by atoms with Crippen molar-refractivity contribution in [3.05, 3.63) is 26.1 Å². The maximum Gasteiger partial charge on any atom is 0.319 e. The first kappa shape index (κ1) is 14.1. The zero-order valence-corrected chi connectivity index (χ0v) is 13.2. The molecule has 0 spiro atoms. The standard InChI is InChI=1S/C11H11Br2ClN2O2/c12-8-3-6(14)4-9(13)10(8)16-11(17)15-7-1-2-18-5-7/h3-4,7H,1-2,5H2,(H2,15,16,17). The lowest BCUT2D eigenvalue weighted by atomic mass is 10.3. The van der Waals surface area contributed by atoms with Gasteiger partial charge in [0.25, 0.3) is 0 Å². The zero-order chi connectivity index (χ0) is 13.1. The van der Waals surface area contributed by atoms with E-state index in [1.54, 1.807) is 12.1 Å². The lowest BCUT2D eigenvalue weighted by molar-refractivity contribution is 0.189. The van der Waals surface area contributed by atoms with Gasteiger partial charge in [0.1, 0.15) is 0 Å². The third-order valence-corrected chi connectivity index (χ3v) is 3.98. The van der Waals surface area contributed by atoms with E-state index >= 15 is 0 Å². The van der Waals surface area contributed by atoms with E-state index in [1.165, 1.54) is 0 Å². The zero-order valence-electron chi connectivity index (χ0n) is 9.30. The van der Waals surface area contributed by atoms with E-state index < -0.39 is 0 Å². The molecule has 1 aliphatic heterocycles. The Kier molecular flexibility index (Phi) is 4.89. The number of carbonyl (C=O) groups is 1. The molecule has 0 aromatic heterocycles. The first-order chi connectivity index (χ1) is 8.56. The molecule has 1 unspecified atom stereocenters. The van der Waals surface area contributed by atoms with Gasteiger partial charge in [0.05, 0.1) is 18.3 Å². The van der Waals surface area contributed by atoms with E-state index in [0.29, 0.717) is 23.9 Å². The van der Waals surface area contributed by atoms with Crippen molar-refractivity contribution in [3.63, 3.8) is 0 Å². The molecular weight excluding hydrogens is 387 g/mol. The Morgan fingerprint density at radius 3 is 2.61 bits per heavy atom. The number of carbonyl (C=O) groups excluding carboxylic acids is 1. The molecule has 98 valence electrons. The van der Waals surface area contributed by atoms with Crippen molar-refractivity contribution < 1.29 is 9.53 Å². The number of urea groups is 1. The molecule has 2 amide bonds. The Morgan fingerprint density at radius 2 is 2.06 bits per heavy atom. The average Bonchev–Trinajstić information content (AvgIpc) is 2.76. The van der Waals surface area contributed by atoms with Gasteiger partial charge in [-0.1, -0.05) is 11.6 Å². The van der Waals surface area contributed by atoms with Crippen molar-refractivity contribution >= 4 is 55.2 Å². The molecule has 18 heavy (non-hydrogen) atoms. The third kappa shape index (κ3) is 3.60. The van der Waals surface area contributed by atoms with Gasteiger partial charge in [-0.2, -0.15) is 0 Å². The summed E-state index contributed by atoms with van der Waals surface area (Å²) in [5.41, 5.74) is 0.649. The monoisotopic (exact) mass is 396 g/mol. The molecule has 1 heterocycles. The molecule has 2 rings (SSSR count). The van der Waals surface area contributed by atoms with E-state index in [1.807, 2.05) is 0 Å². The van der Waals surface area contributed by atoms with Crippen LogP contribution in [0.2, 0.25) is 5.02 Å². The van der Waals surface area contributed by atoms with E-state index in [-0.39, 0.29) is 12.1 Å². The minimum absolute atomic E-state index is 0.0786. The minimum Gasteiger partial charge on any atom is -0.379 e. The van der Waals surface area contributed by atoms with Crippen molar-refractivity contribution in [2.45, 2.75) is 12.5 Å². The van der Waals surface area contributed by atoms with Crippen LogP contribution in [0.3, 0.4) is 0 Å². The van der Waals surface area contributed by atoms with Gasteiger partial charge in [0.2, 0.25) is 0 Å². The van der Waals surface area contributed by atoms with Crippen LogP contribution in [-0.2, 0) is 4.74 Å². The van der Waals surface area contributed by atoms with Gasteiger partial charge in [-0.3, -0.25) is 0 Å². The predicted molar refractivity (Wildman–Crippen MR) is 78.2 cm³/mol. The van der Waals surface area contributed by atoms with Crippen LogP contribution in [-0.4, -0.2) is 25.3 Å². The fourth-order valence-electron chi connectivity index (χ4n) is 1.64. The molecule has 1 saturated heterocycles. The lowest BCUT2D eigenvalue weighted by Crippen LogP contribution is -2.38.